The molecule has 0 amide bonds. The van der Waals surface area contributed by atoms with Gasteiger partial charge in [-0.3, -0.25) is 4.90 Å². The van der Waals surface area contributed by atoms with Crippen molar-refractivity contribution in [2.24, 2.45) is 0 Å². The highest BCUT2D eigenvalue weighted by Gasteiger charge is 2.34. The van der Waals surface area contributed by atoms with E-state index >= 15 is 0 Å². The second-order valence-corrected chi connectivity index (χ2v) is 6.00. The van der Waals surface area contributed by atoms with Gasteiger partial charge in [0.2, 0.25) is 5.95 Å². The molecule has 23 heavy (non-hydrogen) atoms. The molecule has 1 aromatic rings. The van der Waals surface area contributed by atoms with Crippen LogP contribution in [0.2, 0.25) is 0 Å². The number of ether oxygens (including phenoxy) is 1. The number of rotatable bonds is 3. The fourth-order valence-corrected chi connectivity index (χ4v) is 3.18. The van der Waals surface area contributed by atoms with E-state index in [1.54, 1.807) is 0 Å². The average molecular weight is 330 g/mol. The average Bonchev–Trinajstić information content (AvgIpc) is 2.56. The molecule has 0 radical (unpaired) electrons. The molecule has 2 aliphatic rings. The van der Waals surface area contributed by atoms with Crippen molar-refractivity contribution in [1.82, 2.24) is 14.9 Å². The Balaban J connectivity index is 1.75. The minimum absolute atomic E-state index is 0.158. The van der Waals surface area contributed by atoms with E-state index in [1.165, 1.54) is 6.20 Å². The van der Waals surface area contributed by atoms with E-state index in [-0.39, 0.29) is 12.0 Å². The van der Waals surface area contributed by atoms with Gasteiger partial charge in [-0.25, -0.2) is 9.97 Å². The minimum Gasteiger partial charge on any atom is -0.379 e. The summed E-state index contributed by atoms with van der Waals surface area (Å²) in [4.78, 5) is 12.1. The van der Waals surface area contributed by atoms with Crippen LogP contribution in [0.25, 0.3) is 0 Å². The highest BCUT2D eigenvalue weighted by Crippen LogP contribution is 2.29. The molecule has 0 aromatic carbocycles. The van der Waals surface area contributed by atoms with Gasteiger partial charge in [-0.2, -0.15) is 13.2 Å². The topological polar surface area (TPSA) is 41.5 Å². The first-order valence-electron chi connectivity index (χ1n) is 8.01. The molecule has 128 valence electrons. The molecular formula is C15H21F3N4O. The number of alkyl halides is 3. The molecule has 8 heteroatoms. The van der Waals surface area contributed by atoms with Crippen molar-refractivity contribution in [2.45, 2.75) is 31.5 Å². The van der Waals surface area contributed by atoms with E-state index in [0.717, 1.165) is 45.0 Å². The molecule has 0 spiro atoms. The number of nitrogens with zero attached hydrogens (tertiary/aromatic N) is 4. The van der Waals surface area contributed by atoms with Gasteiger partial charge in [-0.1, -0.05) is 0 Å². The largest absolute Gasteiger partial charge is 0.433 e. The minimum atomic E-state index is -4.44. The Hall–Kier alpha value is -1.41. The predicted octanol–water partition coefficient (Wildman–Crippen LogP) is 2.19. The normalized spacial score (nSPS) is 24.0. The van der Waals surface area contributed by atoms with Crippen LogP contribution in [0, 0.1) is 0 Å². The molecule has 3 heterocycles. The quantitative estimate of drug-likeness (QED) is 0.850. The maximum atomic E-state index is 12.9. The summed E-state index contributed by atoms with van der Waals surface area (Å²) in [6, 6.07) is 1.08. The molecule has 3 rings (SSSR count). The molecule has 1 unspecified atom stereocenters. The zero-order valence-electron chi connectivity index (χ0n) is 12.9. The number of anilines is 1. The van der Waals surface area contributed by atoms with Gasteiger partial charge in [0, 0.05) is 38.4 Å². The Bertz CT molecular complexity index is 520. The molecule has 1 atom stereocenters. The molecule has 0 saturated carbocycles. The smallest absolute Gasteiger partial charge is 0.379 e. The van der Waals surface area contributed by atoms with Gasteiger partial charge in [-0.15, -0.1) is 0 Å². The molecule has 2 saturated heterocycles. The molecule has 2 aliphatic heterocycles. The van der Waals surface area contributed by atoms with E-state index in [1.807, 2.05) is 4.90 Å². The van der Waals surface area contributed by atoms with Gasteiger partial charge in [0.1, 0.15) is 5.69 Å². The van der Waals surface area contributed by atoms with Gasteiger partial charge in [0.15, 0.2) is 0 Å². The fraction of sp³-hybridized carbons (Fsp3) is 0.733. The van der Waals surface area contributed by atoms with Crippen molar-refractivity contribution >= 4 is 5.95 Å². The number of halogens is 3. The summed E-state index contributed by atoms with van der Waals surface area (Å²) in [6.07, 6.45) is -0.237. The predicted molar refractivity (Wildman–Crippen MR) is 79.3 cm³/mol. The first-order chi connectivity index (χ1) is 11.0. The zero-order valence-corrected chi connectivity index (χ0v) is 12.9. The highest BCUT2D eigenvalue weighted by atomic mass is 19.4. The molecule has 0 bridgehead atoms. The first kappa shape index (κ1) is 16.4. The van der Waals surface area contributed by atoms with Crippen LogP contribution in [-0.2, 0) is 10.9 Å². The zero-order chi connectivity index (χ0) is 16.3. The lowest BCUT2D eigenvalue weighted by Crippen LogP contribution is -2.50. The van der Waals surface area contributed by atoms with Gasteiger partial charge in [-0.05, 0) is 25.3 Å². The summed E-state index contributed by atoms with van der Waals surface area (Å²) in [6.45, 7) is 4.69. The molecular weight excluding hydrogens is 309 g/mol. The summed E-state index contributed by atoms with van der Waals surface area (Å²) in [5.41, 5.74) is -0.877. The van der Waals surface area contributed by atoms with Gasteiger partial charge >= 0.3 is 6.18 Å². The van der Waals surface area contributed by atoms with Crippen LogP contribution in [0.15, 0.2) is 12.3 Å². The lowest BCUT2D eigenvalue weighted by molar-refractivity contribution is -0.141. The molecule has 2 fully saturated rings. The Kier molecular flexibility index (Phi) is 5.01. The summed E-state index contributed by atoms with van der Waals surface area (Å²) in [5.74, 6) is 0.192. The van der Waals surface area contributed by atoms with E-state index in [0.29, 0.717) is 19.8 Å². The maximum absolute atomic E-state index is 12.9. The van der Waals surface area contributed by atoms with Crippen LogP contribution in [0.4, 0.5) is 19.1 Å². The lowest BCUT2D eigenvalue weighted by atomic mass is 10.0. The van der Waals surface area contributed by atoms with E-state index in [2.05, 4.69) is 14.9 Å². The molecule has 0 aliphatic carbocycles. The SMILES string of the molecule is FC(F)(F)c1ccnc(N2CCCCC2CN2CCOCC2)n1. The van der Waals surface area contributed by atoms with Gasteiger partial charge < -0.3 is 9.64 Å². The third-order valence-electron chi connectivity index (χ3n) is 4.39. The van der Waals surface area contributed by atoms with Crippen molar-refractivity contribution < 1.29 is 17.9 Å². The van der Waals surface area contributed by atoms with Crippen LogP contribution >= 0.6 is 0 Å². The first-order valence-corrected chi connectivity index (χ1v) is 8.01. The number of piperidine rings is 1. The van der Waals surface area contributed by atoms with Crippen LogP contribution < -0.4 is 4.90 Å². The Morgan fingerprint density at radius 2 is 1.96 bits per heavy atom. The molecule has 5 nitrogen and oxygen atoms in total. The Morgan fingerprint density at radius 1 is 1.17 bits per heavy atom. The third-order valence-corrected chi connectivity index (χ3v) is 4.39. The van der Waals surface area contributed by atoms with E-state index in [4.69, 9.17) is 4.74 Å². The second kappa shape index (κ2) is 7.00. The number of hydrogen-bond donors (Lipinski definition) is 0. The summed E-state index contributed by atoms with van der Waals surface area (Å²) in [7, 11) is 0. The monoisotopic (exact) mass is 330 g/mol. The maximum Gasteiger partial charge on any atom is 0.433 e. The van der Waals surface area contributed by atoms with Crippen molar-refractivity contribution in [2.75, 3.05) is 44.3 Å². The summed E-state index contributed by atoms with van der Waals surface area (Å²) >= 11 is 0. The third kappa shape index (κ3) is 4.11. The number of hydrogen-bond acceptors (Lipinski definition) is 5. The van der Waals surface area contributed by atoms with E-state index < -0.39 is 11.9 Å². The summed E-state index contributed by atoms with van der Waals surface area (Å²) < 4.78 is 44.0. The summed E-state index contributed by atoms with van der Waals surface area (Å²) in [5, 5.41) is 0. The Labute approximate surface area is 133 Å². The lowest BCUT2D eigenvalue weighted by Gasteiger charge is -2.39. The van der Waals surface area contributed by atoms with Crippen molar-refractivity contribution in [3.8, 4) is 0 Å². The van der Waals surface area contributed by atoms with E-state index in [9.17, 15) is 13.2 Å². The molecule has 1 aromatic heterocycles. The van der Waals surface area contributed by atoms with Gasteiger partial charge in [0.05, 0.1) is 13.2 Å². The van der Waals surface area contributed by atoms with Crippen molar-refractivity contribution in [3.63, 3.8) is 0 Å². The van der Waals surface area contributed by atoms with Crippen LogP contribution in [0.3, 0.4) is 0 Å². The number of aromatic nitrogens is 2. The van der Waals surface area contributed by atoms with Crippen molar-refractivity contribution in [3.05, 3.63) is 18.0 Å². The van der Waals surface area contributed by atoms with Crippen LogP contribution in [0.1, 0.15) is 25.0 Å². The van der Waals surface area contributed by atoms with Gasteiger partial charge in [0.25, 0.3) is 0 Å². The Morgan fingerprint density at radius 3 is 2.70 bits per heavy atom. The number of morpholine rings is 1. The molecule has 0 N–H and O–H groups in total. The fourth-order valence-electron chi connectivity index (χ4n) is 3.18. The van der Waals surface area contributed by atoms with Crippen LogP contribution in [-0.4, -0.2) is 60.3 Å². The van der Waals surface area contributed by atoms with Crippen LogP contribution in [0.5, 0.6) is 0 Å². The highest BCUT2D eigenvalue weighted by molar-refractivity contribution is 5.33. The van der Waals surface area contributed by atoms with Crippen molar-refractivity contribution in [1.29, 1.82) is 0 Å². The standard InChI is InChI=1S/C15H21F3N4O/c16-15(17,18)13-4-5-19-14(20-13)22-6-2-1-3-12(22)11-21-7-9-23-10-8-21/h4-5,12H,1-3,6-11H2. The second-order valence-electron chi connectivity index (χ2n) is 6.00.